The average Bonchev–Trinajstić information content (AvgIpc) is 1.96. The van der Waals surface area contributed by atoms with Gasteiger partial charge in [-0.05, 0) is 25.7 Å². The Labute approximate surface area is 96.9 Å². The van der Waals surface area contributed by atoms with Gasteiger partial charge in [-0.3, -0.25) is 14.5 Å². The summed E-state index contributed by atoms with van der Waals surface area (Å²) in [7, 11) is 0. The van der Waals surface area contributed by atoms with Crippen molar-refractivity contribution in [1.29, 1.82) is 0 Å². The minimum atomic E-state index is -0.446. The molecular formula is C12H21NO3. The van der Waals surface area contributed by atoms with Crippen molar-refractivity contribution in [2.24, 2.45) is 5.41 Å². The summed E-state index contributed by atoms with van der Waals surface area (Å²) in [5, 5.41) is 0. The number of hydrogen-bond acceptors (Lipinski definition) is 4. The van der Waals surface area contributed by atoms with Gasteiger partial charge in [0.05, 0.1) is 13.1 Å². The largest absolute Gasteiger partial charge is 0.391 e. The summed E-state index contributed by atoms with van der Waals surface area (Å²) in [6, 6.07) is 0. The summed E-state index contributed by atoms with van der Waals surface area (Å²) in [6.45, 7) is 11.0. The van der Waals surface area contributed by atoms with E-state index in [1.807, 2.05) is 4.90 Å². The molecule has 4 nitrogen and oxygen atoms in total. The molecule has 1 saturated heterocycles. The Morgan fingerprint density at radius 2 is 1.50 bits per heavy atom. The van der Waals surface area contributed by atoms with Crippen LogP contribution < -0.4 is 0 Å². The Kier molecular flexibility index (Phi) is 3.43. The van der Waals surface area contributed by atoms with Gasteiger partial charge >= 0.3 is 11.9 Å². The van der Waals surface area contributed by atoms with Crippen molar-refractivity contribution in [1.82, 2.24) is 4.90 Å². The minimum Gasteiger partial charge on any atom is -0.391 e. The highest BCUT2D eigenvalue weighted by Crippen LogP contribution is 2.31. The number of esters is 2. The van der Waals surface area contributed by atoms with E-state index in [2.05, 4.69) is 39.4 Å². The molecule has 0 aromatic carbocycles. The number of carbonyl (C=O) groups is 2. The molecule has 0 atom stereocenters. The summed E-state index contributed by atoms with van der Waals surface area (Å²) >= 11 is 0. The molecule has 1 aliphatic rings. The van der Waals surface area contributed by atoms with Gasteiger partial charge in [-0.2, -0.15) is 0 Å². The maximum absolute atomic E-state index is 11.2. The molecule has 0 amide bonds. The number of cyclic esters (lactones) is 2. The van der Waals surface area contributed by atoms with Gasteiger partial charge in [0.1, 0.15) is 0 Å². The Morgan fingerprint density at radius 1 is 1.06 bits per heavy atom. The lowest BCUT2D eigenvalue weighted by Crippen LogP contribution is -2.54. The van der Waals surface area contributed by atoms with E-state index in [0.29, 0.717) is 0 Å². The third kappa shape index (κ3) is 3.59. The van der Waals surface area contributed by atoms with Crippen LogP contribution in [0.4, 0.5) is 0 Å². The fraction of sp³-hybridized carbons (Fsp3) is 0.833. The molecule has 0 spiro atoms. The first-order valence-corrected chi connectivity index (χ1v) is 5.59. The molecule has 4 heteroatoms. The number of nitrogens with zero attached hydrogens (tertiary/aromatic N) is 1. The van der Waals surface area contributed by atoms with Crippen molar-refractivity contribution in [2.45, 2.75) is 46.6 Å². The number of ether oxygens (including phenoxy) is 1. The van der Waals surface area contributed by atoms with Crippen molar-refractivity contribution >= 4 is 11.9 Å². The SMILES string of the molecule is CC(C)(C)CC(C)(C)N1CC(=O)OC(=O)C1. The molecule has 0 aliphatic carbocycles. The molecule has 0 bridgehead atoms. The second-order valence-electron chi connectivity index (χ2n) is 6.25. The zero-order valence-corrected chi connectivity index (χ0v) is 10.8. The molecule has 92 valence electrons. The zero-order valence-electron chi connectivity index (χ0n) is 10.8. The van der Waals surface area contributed by atoms with Gasteiger partial charge < -0.3 is 4.74 Å². The van der Waals surface area contributed by atoms with Crippen LogP contribution in [0, 0.1) is 5.41 Å². The summed E-state index contributed by atoms with van der Waals surface area (Å²) < 4.78 is 4.52. The molecule has 0 aromatic rings. The predicted molar refractivity (Wildman–Crippen MR) is 60.8 cm³/mol. The molecule has 0 radical (unpaired) electrons. The van der Waals surface area contributed by atoms with E-state index in [1.54, 1.807) is 0 Å². The maximum Gasteiger partial charge on any atom is 0.327 e. The van der Waals surface area contributed by atoms with E-state index in [1.165, 1.54) is 0 Å². The molecule has 0 unspecified atom stereocenters. The van der Waals surface area contributed by atoms with Gasteiger partial charge in [-0.25, -0.2) is 0 Å². The van der Waals surface area contributed by atoms with Crippen molar-refractivity contribution in [3.63, 3.8) is 0 Å². The molecule has 16 heavy (non-hydrogen) atoms. The van der Waals surface area contributed by atoms with Crippen molar-refractivity contribution in [3.05, 3.63) is 0 Å². The second-order valence-corrected chi connectivity index (χ2v) is 6.25. The lowest BCUT2D eigenvalue weighted by Gasteiger charge is -2.42. The molecule has 1 heterocycles. The Morgan fingerprint density at radius 3 is 1.88 bits per heavy atom. The Hall–Kier alpha value is -0.900. The zero-order chi connectivity index (χ0) is 12.6. The first-order chi connectivity index (χ1) is 7.10. The van der Waals surface area contributed by atoms with Crippen LogP contribution in [0.5, 0.6) is 0 Å². The first-order valence-electron chi connectivity index (χ1n) is 5.59. The standard InChI is InChI=1S/C12H21NO3/c1-11(2,3)8-12(4,5)13-6-9(14)16-10(15)7-13/h6-8H2,1-5H3. The van der Waals surface area contributed by atoms with E-state index >= 15 is 0 Å². The quantitative estimate of drug-likeness (QED) is 0.531. The number of rotatable bonds is 2. The second kappa shape index (κ2) is 4.17. The molecule has 1 fully saturated rings. The summed E-state index contributed by atoms with van der Waals surface area (Å²) in [5.41, 5.74) is -0.0126. The molecule has 0 aromatic heterocycles. The number of morpholine rings is 1. The Bertz CT molecular complexity index is 286. The monoisotopic (exact) mass is 227 g/mol. The van der Waals surface area contributed by atoms with E-state index in [9.17, 15) is 9.59 Å². The molecule has 1 aliphatic heterocycles. The Balaban J connectivity index is 2.74. The normalized spacial score (nSPS) is 19.8. The number of carbonyl (C=O) groups excluding carboxylic acids is 2. The third-order valence-electron chi connectivity index (χ3n) is 2.69. The molecule has 0 saturated carbocycles. The molecule has 0 N–H and O–H groups in total. The van der Waals surface area contributed by atoms with Crippen molar-refractivity contribution in [3.8, 4) is 0 Å². The van der Waals surface area contributed by atoms with E-state index in [-0.39, 0.29) is 24.0 Å². The van der Waals surface area contributed by atoms with Crippen molar-refractivity contribution < 1.29 is 14.3 Å². The molecular weight excluding hydrogens is 206 g/mol. The smallest absolute Gasteiger partial charge is 0.327 e. The summed E-state index contributed by atoms with van der Waals surface area (Å²) in [4.78, 5) is 24.3. The van der Waals surface area contributed by atoms with Crippen LogP contribution in [0.15, 0.2) is 0 Å². The maximum atomic E-state index is 11.2. The van der Waals surface area contributed by atoms with E-state index in [4.69, 9.17) is 0 Å². The summed E-state index contributed by atoms with van der Waals surface area (Å²) in [5.74, 6) is -0.892. The third-order valence-corrected chi connectivity index (χ3v) is 2.69. The fourth-order valence-electron chi connectivity index (χ4n) is 2.40. The van der Waals surface area contributed by atoms with Crippen LogP contribution >= 0.6 is 0 Å². The van der Waals surface area contributed by atoms with Crippen LogP contribution in [0.25, 0.3) is 0 Å². The molecule has 1 rings (SSSR count). The van der Waals surface area contributed by atoms with Gasteiger partial charge in [-0.1, -0.05) is 20.8 Å². The summed E-state index contributed by atoms with van der Waals surface area (Å²) in [6.07, 6.45) is 0.917. The van der Waals surface area contributed by atoms with Gasteiger partial charge in [0.15, 0.2) is 0 Å². The van der Waals surface area contributed by atoms with Crippen LogP contribution in [0.1, 0.15) is 41.0 Å². The van der Waals surface area contributed by atoms with E-state index < -0.39 is 11.9 Å². The lowest BCUT2D eigenvalue weighted by molar-refractivity contribution is -0.170. The lowest BCUT2D eigenvalue weighted by atomic mass is 9.80. The van der Waals surface area contributed by atoms with Gasteiger partial charge in [0, 0.05) is 5.54 Å². The van der Waals surface area contributed by atoms with Crippen LogP contribution in [0.3, 0.4) is 0 Å². The van der Waals surface area contributed by atoms with Crippen LogP contribution in [0.2, 0.25) is 0 Å². The first kappa shape index (κ1) is 13.2. The highest BCUT2D eigenvalue weighted by atomic mass is 16.6. The minimum absolute atomic E-state index is 0.161. The highest BCUT2D eigenvalue weighted by Gasteiger charge is 2.37. The topological polar surface area (TPSA) is 46.6 Å². The highest BCUT2D eigenvalue weighted by molar-refractivity contribution is 5.90. The van der Waals surface area contributed by atoms with Crippen LogP contribution in [-0.2, 0) is 14.3 Å². The van der Waals surface area contributed by atoms with E-state index in [0.717, 1.165) is 6.42 Å². The van der Waals surface area contributed by atoms with Gasteiger partial charge in [0.2, 0.25) is 0 Å². The average molecular weight is 227 g/mol. The number of hydrogen-bond donors (Lipinski definition) is 0. The van der Waals surface area contributed by atoms with Crippen molar-refractivity contribution in [2.75, 3.05) is 13.1 Å². The fourth-order valence-corrected chi connectivity index (χ4v) is 2.40. The van der Waals surface area contributed by atoms with Gasteiger partial charge in [0.25, 0.3) is 0 Å². The van der Waals surface area contributed by atoms with Crippen LogP contribution in [-0.4, -0.2) is 35.5 Å². The van der Waals surface area contributed by atoms with Gasteiger partial charge in [-0.15, -0.1) is 0 Å². The predicted octanol–water partition coefficient (Wildman–Crippen LogP) is 1.59.